The highest BCUT2D eigenvalue weighted by molar-refractivity contribution is 6.21. The smallest absolute Gasteiger partial charge is 0.311 e. The number of rotatable bonds is 5. The summed E-state index contributed by atoms with van der Waals surface area (Å²) in [6.07, 6.45) is 1.000. The van der Waals surface area contributed by atoms with Crippen molar-refractivity contribution in [1.29, 1.82) is 0 Å². The van der Waals surface area contributed by atoms with Crippen molar-refractivity contribution in [1.82, 2.24) is 9.80 Å². The van der Waals surface area contributed by atoms with Crippen LogP contribution < -0.4 is 9.47 Å². The summed E-state index contributed by atoms with van der Waals surface area (Å²) in [5.74, 6) is 0.209. The number of hydrogen-bond acceptors (Lipinski definition) is 7. The number of hydrogen-bond donors (Lipinski definition) is 0. The summed E-state index contributed by atoms with van der Waals surface area (Å²) in [5, 5.41) is 0. The molecule has 6 aliphatic rings. The van der Waals surface area contributed by atoms with Gasteiger partial charge < -0.3 is 14.2 Å². The zero-order valence-corrected chi connectivity index (χ0v) is 25.0. The van der Waals surface area contributed by atoms with Gasteiger partial charge in [0.1, 0.15) is 23.3 Å². The van der Waals surface area contributed by atoms with Crippen LogP contribution >= 0.6 is 0 Å². The molecule has 2 saturated carbocycles. The SMILES string of the molecule is COc1ccc2c3c1O[C@H]1[C@H](N4C(=O)c5ccccc5C4=O)CC[C@@]4(OC(=O)C(C)(C)C)[C@@H](C2)N(CC2CC2)C[C@@H](F)[C@]314. The van der Waals surface area contributed by atoms with Gasteiger partial charge in [0.2, 0.25) is 0 Å². The van der Waals surface area contributed by atoms with E-state index < -0.39 is 52.5 Å². The highest BCUT2D eigenvalue weighted by atomic mass is 19.1. The molecule has 0 N–H and O–H groups in total. The molecule has 6 atom stereocenters. The third-order valence-electron chi connectivity index (χ3n) is 10.9. The fourth-order valence-electron chi connectivity index (χ4n) is 8.87. The number of carbonyl (C=O) groups is 3. The van der Waals surface area contributed by atoms with Crippen LogP contribution in [0.5, 0.6) is 11.5 Å². The highest BCUT2D eigenvalue weighted by Gasteiger charge is 2.80. The number of imide groups is 1. The van der Waals surface area contributed by atoms with E-state index in [1.54, 1.807) is 31.4 Å². The van der Waals surface area contributed by atoms with Crippen molar-refractivity contribution in [2.75, 3.05) is 20.2 Å². The van der Waals surface area contributed by atoms with Gasteiger partial charge in [-0.3, -0.25) is 24.2 Å². The number of halogens is 1. The highest BCUT2D eigenvalue weighted by Crippen LogP contribution is 2.68. The average molecular weight is 589 g/mol. The van der Waals surface area contributed by atoms with Crippen LogP contribution in [0.1, 0.15) is 78.3 Å². The quantitative estimate of drug-likeness (QED) is 0.377. The molecular weight excluding hydrogens is 551 g/mol. The van der Waals surface area contributed by atoms with Crippen LogP contribution in [0.3, 0.4) is 0 Å². The van der Waals surface area contributed by atoms with Crippen LogP contribution in [0.15, 0.2) is 36.4 Å². The number of nitrogens with zero attached hydrogens (tertiary/aromatic N) is 2. The van der Waals surface area contributed by atoms with E-state index in [4.69, 9.17) is 14.2 Å². The summed E-state index contributed by atoms with van der Waals surface area (Å²) < 4.78 is 36.9. The fraction of sp³-hybridized carbons (Fsp3) is 0.559. The third kappa shape index (κ3) is 3.37. The number of alkyl halides is 1. The second kappa shape index (κ2) is 8.80. The minimum Gasteiger partial charge on any atom is -0.493 e. The van der Waals surface area contributed by atoms with Gasteiger partial charge >= 0.3 is 5.97 Å². The number of benzene rings is 2. The van der Waals surface area contributed by atoms with E-state index in [0.717, 1.165) is 24.9 Å². The first kappa shape index (κ1) is 27.1. The van der Waals surface area contributed by atoms with Crippen molar-refractivity contribution in [3.63, 3.8) is 0 Å². The van der Waals surface area contributed by atoms with E-state index in [9.17, 15) is 14.4 Å². The van der Waals surface area contributed by atoms with Crippen molar-refractivity contribution in [3.05, 3.63) is 58.7 Å². The van der Waals surface area contributed by atoms with Crippen LogP contribution in [-0.4, -0.2) is 77.7 Å². The van der Waals surface area contributed by atoms with Gasteiger partial charge in [-0.15, -0.1) is 0 Å². The largest absolute Gasteiger partial charge is 0.493 e. The molecule has 2 aromatic carbocycles. The Morgan fingerprint density at radius 2 is 1.77 bits per heavy atom. The normalized spacial score (nSPS) is 34.0. The average Bonchev–Trinajstić information content (AvgIpc) is 3.66. The molecule has 3 aliphatic carbocycles. The molecule has 9 heteroatoms. The molecule has 8 rings (SSSR count). The molecule has 3 aliphatic heterocycles. The Bertz CT molecular complexity index is 1550. The molecule has 1 saturated heterocycles. The summed E-state index contributed by atoms with van der Waals surface area (Å²) in [4.78, 5) is 45.0. The monoisotopic (exact) mass is 588 g/mol. The molecule has 2 bridgehead atoms. The topological polar surface area (TPSA) is 85.4 Å². The van der Waals surface area contributed by atoms with Crippen LogP contribution in [0.2, 0.25) is 0 Å². The van der Waals surface area contributed by atoms with Gasteiger partial charge in [0.25, 0.3) is 11.8 Å². The lowest BCUT2D eigenvalue weighted by molar-refractivity contribution is -0.244. The van der Waals surface area contributed by atoms with Gasteiger partial charge in [0.15, 0.2) is 11.5 Å². The van der Waals surface area contributed by atoms with Crippen LogP contribution in [0.25, 0.3) is 0 Å². The fourth-order valence-corrected chi connectivity index (χ4v) is 8.87. The van der Waals surface area contributed by atoms with Crippen molar-refractivity contribution < 1.29 is 33.0 Å². The Balaban J connectivity index is 1.35. The van der Waals surface area contributed by atoms with Gasteiger partial charge in [0, 0.05) is 18.7 Å². The Morgan fingerprint density at radius 1 is 1.07 bits per heavy atom. The number of ether oxygens (including phenoxy) is 3. The summed E-state index contributed by atoms with van der Waals surface area (Å²) >= 11 is 0. The Morgan fingerprint density at radius 3 is 2.40 bits per heavy atom. The van der Waals surface area contributed by atoms with Gasteiger partial charge in [-0.05, 0) is 82.6 Å². The van der Waals surface area contributed by atoms with Gasteiger partial charge in [-0.2, -0.15) is 0 Å². The van der Waals surface area contributed by atoms with Crippen LogP contribution in [-0.2, 0) is 21.4 Å². The summed E-state index contributed by atoms with van der Waals surface area (Å²) in [6, 6.07) is 9.58. The first-order valence-corrected chi connectivity index (χ1v) is 15.5. The first-order valence-electron chi connectivity index (χ1n) is 15.5. The van der Waals surface area contributed by atoms with Crippen LogP contribution in [0.4, 0.5) is 4.39 Å². The molecule has 3 fully saturated rings. The number of methoxy groups -OCH3 is 1. The Hall–Kier alpha value is -3.46. The van der Waals surface area contributed by atoms with E-state index in [0.29, 0.717) is 53.4 Å². The minimum atomic E-state index is -1.48. The van der Waals surface area contributed by atoms with Crippen LogP contribution in [0, 0.1) is 11.3 Å². The molecule has 3 heterocycles. The predicted octanol–water partition coefficient (Wildman–Crippen LogP) is 4.47. The number of carbonyl (C=O) groups excluding carboxylic acids is 3. The molecule has 1 spiro atoms. The van der Waals surface area contributed by atoms with Crippen molar-refractivity contribution >= 4 is 17.8 Å². The lowest BCUT2D eigenvalue weighted by atomic mass is 9.47. The molecule has 8 nitrogen and oxygen atoms in total. The molecule has 0 radical (unpaired) electrons. The summed E-state index contributed by atoms with van der Waals surface area (Å²) in [6.45, 7) is 6.36. The molecule has 226 valence electrons. The lowest BCUT2D eigenvalue weighted by Gasteiger charge is -2.66. The standard InChI is InChI=1S/C34H37FN2O6/c1-32(2,3)31(40)43-33-14-13-22(37-29(38)20-7-5-6-8-21(20)30(37)39)28-34(33)24(35)17-36(16-18-9-10-18)25(33)15-19-11-12-23(41-4)27(42-28)26(19)34/h5-8,11-12,18,22,24-25,28H,9-10,13-17H2,1-4H3/t22-,24-,25-,28+,33-,34+/m1/s1. The van der Waals surface area contributed by atoms with E-state index in [1.165, 1.54) is 4.90 Å². The zero-order valence-electron chi connectivity index (χ0n) is 25.0. The van der Waals surface area contributed by atoms with Crippen molar-refractivity contribution in [2.24, 2.45) is 11.3 Å². The molecule has 2 aromatic rings. The van der Waals surface area contributed by atoms with Gasteiger partial charge in [0.05, 0.1) is 35.7 Å². The molecule has 0 aromatic heterocycles. The molecule has 2 amide bonds. The first-order chi connectivity index (χ1) is 20.5. The Kier molecular flexibility index (Phi) is 5.55. The van der Waals surface area contributed by atoms with E-state index >= 15 is 4.39 Å². The summed E-state index contributed by atoms with van der Waals surface area (Å²) in [5.41, 5.74) is -1.20. The second-order valence-corrected chi connectivity index (χ2v) is 14.3. The predicted molar refractivity (Wildman–Crippen MR) is 154 cm³/mol. The summed E-state index contributed by atoms with van der Waals surface area (Å²) in [7, 11) is 1.55. The number of fused-ring (bicyclic) bond motifs is 1. The number of likely N-dealkylation sites (tertiary alicyclic amines) is 1. The number of esters is 1. The van der Waals surface area contributed by atoms with Gasteiger partial charge in [-0.1, -0.05) is 18.2 Å². The second-order valence-electron chi connectivity index (χ2n) is 14.3. The number of amides is 2. The van der Waals surface area contributed by atoms with Crippen molar-refractivity contribution in [2.45, 2.75) is 88.3 Å². The van der Waals surface area contributed by atoms with E-state index in [2.05, 4.69) is 4.90 Å². The Labute approximate surface area is 250 Å². The lowest BCUT2D eigenvalue weighted by Crippen LogP contribution is -2.83. The van der Waals surface area contributed by atoms with E-state index in [-0.39, 0.29) is 12.6 Å². The third-order valence-corrected chi connectivity index (χ3v) is 10.9. The van der Waals surface area contributed by atoms with Crippen molar-refractivity contribution in [3.8, 4) is 11.5 Å². The maximum absolute atomic E-state index is 17.7. The minimum absolute atomic E-state index is 0.167. The van der Waals surface area contributed by atoms with Gasteiger partial charge in [-0.25, -0.2) is 4.39 Å². The van der Waals surface area contributed by atoms with E-state index in [1.807, 2.05) is 32.9 Å². The maximum Gasteiger partial charge on any atom is 0.311 e. The maximum atomic E-state index is 17.7. The molecule has 43 heavy (non-hydrogen) atoms. The molecular formula is C34H37FN2O6. The zero-order chi connectivity index (χ0) is 30.1. The molecule has 0 unspecified atom stereocenters. The number of piperidine rings is 1.